The summed E-state index contributed by atoms with van der Waals surface area (Å²) in [4.78, 5) is 14.0. The molecule has 1 heterocycles. The quantitative estimate of drug-likeness (QED) is 0.905. The Morgan fingerprint density at radius 3 is 2.70 bits per heavy atom. The maximum Gasteiger partial charge on any atom is 0.317 e. The molecule has 4 heteroatoms. The molecule has 1 saturated heterocycles. The van der Waals surface area contributed by atoms with Gasteiger partial charge in [-0.2, -0.15) is 0 Å². The highest BCUT2D eigenvalue weighted by Crippen LogP contribution is 2.20. The summed E-state index contributed by atoms with van der Waals surface area (Å²) in [5, 5.41) is 2.93. The number of nitrogens with zero attached hydrogens (tertiary/aromatic N) is 1. The lowest BCUT2D eigenvalue weighted by atomic mass is 9.92. The van der Waals surface area contributed by atoms with Gasteiger partial charge in [0.2, 0.25) is 0 Å². The first-order chi connectivity index (χ1) is 9.54. The standard InChI is InChI=1S/C16H23FN2O/c1-12-8-13(2)11-19(10-12)16(20)18-7-6-14-4-3-5-15(17)9-14/h3-5,9,12-13H,6-8,10-11H2,1-2H3,(H,18,20). The first-order valence-corrected chi connectivity index (χ1v) is 7.32. The molecule has 0 aromatic heterocycles. The third-order valence-corrected chi connectivity index (χ3v) is 3.74. The first-order valence-electron chi connectivity index (χ1n) is 7.32. The van der Waals surface area contributed by atoms with E-state index in [-0.39, 0.29) is 11.8 Å². The molecule has 1 aliphatic heterocycles. The van der Waals surface area contributed by atoms with Crippen LogP contribution in [0.2, 0.25) is 0 Å². The molecular formula is C16H23FN2O. The molecule has 0 bridgehead atoms. The van der Waals surface area contributed by atoms with Gasteiger partial charge in [-0.25, -0.2) is 9.18 Å². The molecule has 110 valence electrons. The van der Waals surface area contributed by atoms with Gasteiger partial charge in [-0.3, -0.25) is 0 Å². The van der Waals surface area contributed by atoms with Gasteiger partial charge >= 0.3 is 6.03 Å². The monoisotopic (exact) mass is 278 g/mol. The molecule has 2 amide bonds. The van der Waals surface area contributed by atoms with Crippen LogP contribution >= 0.6 is 0 Å². The maximum atomic E-state index is 13.0. The predicted octanol–water partition coefficient (Wildman–Crippen LogP) is 3.06. The fourth-order valence-electron chi connectivity index (χ4n) is 2.95. The Morgan fingerprint density at radius 1 is 1.35 bits per heavy atom. The summed E-state index contributed by atoms with van der Waals surface area (Å²) in [6.07, 6.45) is 1.84. The number of urea groups is 1. The van der Waals surface area contributed by atoms with E-state index in [9.17, 15) is 9.18 Å². The van der Waals surface area contributed by atoms with Crippen LogP contribution in [0.3, 0.4) is 0 Å². The number of nitrogens with one attached hydrogen (secondary N) is 1. The fraction of sp³-hybridized carbons (Fsp3) is 0.562. The SMILES string of the molecule is CC1CC(C)CN(C(=O)NCCc2cccc(F)c2)C1. The van der Waals surface area contributed by atoms with E-state index in [1.54, 1.807) is 6.07 Å². The van der Waals surface area contributed by atoms with Gasteiger partial charge in [0.15, 0.2) is 0 Å². The van der Waals surface area contributed by atoms with Crippen molar-refractivity contribution in [3.8, 4) is 0 Å². The van der Waals surface area contributed by atoms with Crippen LogP contribution in [0.25, 0.3) is 0 Å². The molecule has 2 atom stereocenters. The Kier molecular flexibility index (Phi) is 4.99. The molecule has 1 fully saturated rings. The van der Waals surface area contributed by atoms with Gasteiger partial charge in [-0.1, -0.05) is 26.0 Å². The third kappa shape index (κ3) is 4.22. The zero-order valence-electron chi connectivity index (χ0n) is 12.2. The van der Waals surface area contributed by atoms with Crippen molar-refractivity contribution in [2.45, 2.75) is 26.7 Å². The highest BCUT2D eigenvalue weighted by atomic mass is 19.1. The average molecular weight is 278 g/mol. The summed E-state index contributed by atoms with van der Waals surface area (Å²) in [6, 6.07) is 6.51. The van der Waals surface area contributed by atoms with Crippen LogP contribution in [-0.2, 0) is 6.42 Å². The molecule has 3 nitrogen and oxygen atoms in total. The van der Waals surface area contributed by atoms with Crippen LogP contribution in [0.4, 0.5) is 9.18 Å². The minimum absolute atomic E-state index is 0.000182. The lowest BCUT2D eigenvalue weighted by Crippen LogP contribution is -2.47. The minimum atomic E-state index is -0.229. The second-order valence-electron chi connectivity index (χ2n) is 5.96. The van der Waals surface area contributed by atoms with E-state index in [2.05, 4.69) is 19.2 Å². The summed E-state index contributed by atoms with van der Waals surface area (Å²) in [6.45, 7) is 6.57. The molecule has 0 saturated carbocycles. The summed E-state index contributed by atoms with van der Waals surface area (Å²) in [5.74, 6) is 0.896. The molecule has 1 aromatic rings. The van der Waals surface area contributed by atoms with Crippen molar-refractivity contribution >= 4 is 6.03 Å². The van der Waals surface area contributed by atoms with Gasteiger partial charge in [0.05, 0.1) is 0 Å². The number of halogens is 1. The molecular weight excluding hydrogens is 255 g/mol. The van der Waals surface area contributed by atoms with Crippen molar-refractivity contribution in [2.75, 3.05) is 19.6 Å². The smallest absolute Gasteiger partial charge is 0.317 e. The van der Waals surface area contributed by atoms with E-state index < -0.39 is 0 Å². The maximum absolute atomic E-state index is 13.0. The van der Waals surface area contributed by atoms with E-state index in [1.807, 2.05) is 11.0 Å². The lowest BCUT2D eigenvalue weighted by molar-refractivity contribution is 0.146. The zero-order chi connectivity index (χ0) is 14.5. The van der Waals surface area contributed by atoms with Crippen LogP contribution in [0.5, 0.6) is 0 Å². The Morgan fingerprint density at radius 2 is 2.05 bits per heavy atom. The number of likely N-dealkylation sites (tertiary alicyclic amines) is 1. The molecule has 20 heavy (non-hydrogen) atoms. The Balaban J connectivity index is 1.77. The van der Waals surface area contributed by atoms with Crippen molar-refractivity contribution in [1.82, 2.24) is 10.2 Å². The van der Waals surface area contributed by atoms with Crippen LogP contribution in [-0.4, -0.2) is 30.6 Å². The normalized spacial score (nSPS) is 22.6. The Bertz CT molecular complexity index is 454. The van der Waals surface area contributed by atoms with Crippen molar-refractivity contribution in [1.29, 1.82) is 0 Å². The summed E-state index contributed by atoms with van der Waals surface area (Å²) in [7, 11) is 0. The van der Waals surface area contributed by atoms with Crippen LogP contribution < -0.4 is 5.32 Å². The van der Waals surface area contributed by atoms with Crippen molar-refractivity contribution in [2.24, 2.45) is 11.8 Å². The Hall–Kier alpha value is -1.58. The zero-order valence-corrected chi connectivity index (χ0v) is 12.2. The van der Waals surface area contributed by atoms with Crippen molar-refractivity contribution < 1.29 is 9.18 Å². The van der Waals surface area contributed by atoms with Gasteiger partial charge in [0.1, 0.15) is 5.82 Å². The van der Waals surface area contributed by atoms with Gasteiger partial charge in [-0.15, -0.1) is 0 Å². The number of amides is 2. The number of hydrogen-bond acceptors (Lipinski definition) is 1. The van der Waals surface area contributed by atoms with E-state index >= 15 is 0 Å². The number of hydrogen-bond donors (Lipinski definition) is 1. The predicted molar refractivity (Wildman–Crippen MR) is 78.0 cm³/mol. The summed E-state index contributed by atoms with van der Waals surface area (Å²) < 4.78 is 13.0. The molecule has 2 rings (SSSR count). The molecule has 1 aromatic carbocycles. The summed E-state index contributed by atoms with van der Waals surface area (Å²) in [5.41, 5.74) is 0.908. The number of benzene rings is 1. The topological polar surface area (TPSA) is 32.3 Å². The highest BCUT2D eigenvalue weighted by molar-refractivity contribution is 5.74. The van der Waals surface area contributed by atoms with Crippen molar-refractivity contribution in [3.63, 3.8) is 0 Å². The average Bonchev–Trinajstić information content (AvgIpc) is 2.37. The molecule has 0 aliphatic carbocycles. The largest absolute Gasteiger partial charge is 0.338 e. The second kappa shape index (κ2) is 6.73. The van der Waals surface area contributed by atoms with Gasteiger partial charge < -0.3 is 10.2 Å². The fourth-order valence-corrected chi connectivity index (χ4v) is 2.95. The summed E-state index contributed by atoms with van der Waals surface area (Å²) >= 11 is 0. The van der Waals surface area contributed by atoms with Crippen LogP contribution in [0.15, 0.2) is 24.3 Å². The lowest BCUT2D eigenvalue weighted by Gasteiger charge is -2.34. The van der Waals surface area contributed by atoms with E-state index in [4.69, 9.17) is 0 Å². The number of piperidine rings is 1. The van der Waals surface area contributed by atoms with E-state index in [1.165, 1.54) is 18.6 Å². The molecule has 2 unspecified atom stereocenters. The minimum Gasteiger partial charge on any atom is -0.338 e. The molecule has 0 spiro atoms. The number of carbonyl (C=O) groups is 1. The van der Waals surface area contributed by atoms with Crippen LogP contribution in [0.1, 0.15) is 25.8 Å². The van der Waals surface area contributed by atoms with E-state index in [0.29, 0.717) is 24.8 Å². The third-order valence-electron chi connectivity index (χ3n) is 3.74. The molecule has 1 aliphatic rings. The van der Waals surface area contributed by atoms with Crippen molar-refractivity contribution in [3.05, 3.63) is 35.6 Å². The molecule has 0 radical (unpaired) electrons. The van der Waals surface area contributed by atoms with Gasteiger partial charge in [0.25, 0.3) is 0 Å². The number of rotatable bonds is 3. The first kappa shape index (κ1) is 14.8. The Labute approximate surface area is 120 Å². The number of carbonyl (C=O) groups excluding carboxylic acids is 1. The van der Waals surface area contributed by atoms with Crippen LogP contribution in [0, 0.1) is 17.7 Å². The molecule has 1 N–H and O–H groups in total. The van der Waals surface area contributed by atoms with E-state index in [0.717, 1.165) is 18.7 Å². The van der Waals surface area contributed by atoms with Gasteiger partial charge in [0, 0.05) is 19.6 Å². The van der Waals surface area contributed by atoms with Gasteiger partial charge in [-0.05, 0) is 42.4 Å². The highest BCUT2D eigenvalue weighted by Gasteiger charge is 2.24. The second-order valence-corrected chi connectivity index (χ2v) is 5.96.